The number of hydrogen-bond acceptors (Lipinski definition) is 5. The maximum Gasteiger partial charge on any atom is 0.311 e. The highest BCUT2D eigenvalue weighted by molar-refractivity contribution is 6.44. The molecule has 1 aliphatic rings. The molecule has 2 aromatic carbocycles. The Morgan fingerprint density at radius 2 is 1.77 bits per heavy atom. The standard InChI is InChI=1S/C20H16Cl3N3O5/c21-13-6-4-11(5-7-13)19(29)25-26-9-12(8-17(26)28)20(30)31-10-16(27)24-15-3-1-2-14(22)18(15)23/h1-7,12H,8-10H2,(H,24,27)(H,25,29)/t12-/m0/s1. The first kappa shape index (κ1) is 22.9. The molecule has 1 aliphatic heterocycles. The van der Waals surface area contributed by atoms with E-state index in [-0.39, 0.29) is 28.7 Å². The van der Waals surface area contributed by atoms with E-state index in [1.54, 1.807) is 30.3 Å². The van der Waals surface area contributed by atoms with Crippen LogP contribution < -0.4 is 10.7 Å². The number of amides is 3. The molecule has 1 saturated heterocycles. The zero-order valence-corrected chi connectivity index (χ0v) is 18.1. The number of nitrogens with one attached hydrogen (secondary N) is 2. The summed E-state index contributed by atoms with van der Waals surface area (Å²) in [5, 5.41) is 4.44. The molecule has 2 N–H and O–H groups in total. The van der Waals surface area contributed by atoms with E-state index in [0.717, 1.165) is 5.01 Å². The summed E-state index contributed by atoms with van der Waals surface area (Å²) in [6, 6.07) is 10.8. The van der Waals surface area contributed by atoms with E-state index < -0.39 is 36.2 Å². The smallest absolute Gasteiger partial charge is 0.311 e. The van der Waals surface area contributed by atoms with Crippen LogP contribution in [0.25, 0.3) is 0 Å². The Morgan fingerprint density at radius 3 is 2.48 bits per heavy atom. The molecule has 162 valence electrons. The number of carbonyl (C=O) groups is 4. The lowest BCUT2D eigenvalue weighted by Gasteiger charge is -2.17. The SMILES string of the molecule is O=C(COC(=O)[C@H]1CC(=O)N(NC(=O)c2ccc(Cl)cc2)C1)Nc1cccc(Cl)c1Cl. The molecule has 0 radical (unpaired) electrons. The molecule has 8 nitrogen and oxygen atoms in total. The van der Waals surface area contributed by atoms with Crippen molar-refractivity contribution >= 4 is 64.2 Å². The molecule has 0 saturated carbocycles. The van der Waals surface area contributed by atoms with Gasteiger partial charge in [-0.25, -0.2) is 0 Å². The highest BCUT2D eigenvalue weighted by Gasteiger charge is 2.36. The highest BCUT2D eigenvalue weighted by Crippen LogP contribution is 2.29. The lowest BCUT2D eigenvalue weighted by molar-refractivity contribution is -0.151. The molecule has 3 rings (SSSR count). The van der Waals surface area contributed by atoms with E-state index in [2.05, 4.69) is 10.7 Å². The van der Waals surface area contributed by atoms with Gasteiger partial charge in [-0.05, 0) is 36.4 Å². The molecular weight excluding hydrogens is 469 g/mol. The lowest BCUT2D eigenvalue weighted by Crippen LogP contribution is -2.43. The van der Waals surface area contributed by atoms with E-state index in [0.29, 0.717) is 10.6 Å². The molecule has 0 spiro atoms. The first-order valence-corrected chi connectivity index (χ1v) is 10.2. The van der Waals surface area contributed by atoms with Crippen LogP contribution in [0.15, 0.2) is 42.5 Å². The Kier molecular flexibility index (Phi) is 7.37. The number of benzene rings is 2. The number of hydrazine groups is 1. The molecule has 11 heteroatoms. The first-order chi connectivity index (χ1) is 14.7. The number of esters is 1. The second kappa shape index (κ2) is 10.00. The Labute approximate surface area is 192 Å². The van der Waals surface area contributed by atoms with Crippen molar-refractivity contribution in [1.29, 1.82) is 0 Å². The Hall–Kier alpha value is -2.81. The monoisotopic (exact) mass is 483 g/mol. The van der Waals surface area contributed by atoms with Crippen LogP contribution in [0.2, 0.25) is 15.1 Å². The number of halogens is 3. The minimum Gasteiger partial charge on any atom is -0.455 e. The maximum atomic E-state index is 12.3. The summed E-state index contributed by atoms with van der Waals surface area (Å²) in [5.41, 5.74) is 3.03. The second-order valence-electron chi connectivity index (χ2n) is 6.61. The second-order valence-corrected chi connectivity index (χ2v) is 7.83. The summed E-state index contributed by atoms with van der Waals surface area (Å²) < 4.78 is 5.00. The summed E-state index contributed by atoms with van der Waals surface area (Å²) >= 11 is 17.7. The fourth-order valence-electron chi connectivity index (χ4n) is 2.80. The fraction of sp³-hybridized carbons (Fsp3) is 0.200. The van der Waals surface area contributed by atoms with Crippen molar-refractivity contribution in [2.24, 2.45) is 5.92 Å². The van der Waals surface area contributed by atoms with Gasteiger partial charge in [0.05, 0.1) is 28.2 Å². The third-order valence-electron chi connectivity index (χ3n) is 4.37. The average Bonchev–Trinajstić information content (AvgIpc) is 3.10. The molecule has 0 aliphatic carbocycles. The number of hydrogen-bond donors (Lipinski definition) is 2. The maximum absolute atomic E-state index is 12.3. The number of rotatable bonds is 6. The lowest BCUT2D eigenvalue weighted by atomic mass is 10.1. The number of anilines is 1. The molecule has 0 bridgehead atoms. The van der Waals surface area contributed by atoms with Gasteiger partial charge in [0.2, 0.25) is 5.91 Å². The van der Waals surface area contributed by atoms with E-state index in [1.807, 2.05) is 0 Å². The van der Waals surface area contributed by atoms with E-state index in [4.69, 9.17) is 39.5 Å². The van der Waals surface area contributed by atoms with Crippen LogP contribution in [0.5, 0.6) is 0 Å². The molecule has 3 amide bonds. The topological polar surface area (TPSA) is 105 Å². The molecule has 0 aromatic heterocycles. The van der Waals surface area contributed by atoms with Gasteiger partial charge in [0, 0.05) is 17.0 Å². The van der Waals surface area contributed by atoms with Gasteiger partial charge in [-0.3, -0.25) is 29.6 Å². The molecule has 1 fully saturated rings. The van der Waals surface area contributed by atoms with Crippen LogP contribution in [-0.2, 0) is 19.1 Å². The Balaban J connectivity index is 1.49. The van der Waals surface area contributed by atoms with Crippen molar-refractivity contribution in [3.8, 4) is 0 Å². The molecule has 1 atom stereocenters. The third kappa shape index (κ3) is 5.88. The van der Waals surface area contributed by atoms with Gasteiger partial charge in [0.25, 0.3) is 11.8 Å². The van der Waals surface area contributed by atoms with Crippen LogP contribution in [-0.4, -0.2) is 41.9 Å². The molecule has 1 heterocycles. The predicted octanol–water partition coefficient (Wildman–Crippen LogP) is 3.32. The number of ether oxygens (including phenoxy) is 1. The van der Waals surface area contributed by atoms with Crippen molar-refractivity contribution in [2.45, 2.75) is 6.42 Å². The summed E-state index contributed by atoms with van der Waals surface area (Å²) in [7, 11) is 0. The largest absolute Gasteiger partial charge is 0.455 e. The van der Waals surface area contributed by atoms with E-state index in [1.165, 1.54) is 12.1 Å². The van der Waals surface area contributed by atoms with Crippen LogP contribution >= 0.6 is 34.8 Å². The van der Waals surface area contributed by atoms with Gasteiger partial charge in [-0.15, -0.1) is 0 Å². The summed E-state index contributed by atoms with van der Waals surface area (Å²) in [6.45, 7) is -0.637. The molecule has 2 aromatic rings. The van der Waals surface area contributed by atoms with Crippen molar-refractivity contribution < 1.29 is 23.9 Å². The summed E-state index contributed by atoms with van der Waals surface area (Å²) in [6.07, 6.45) is -0.151. The quantitative estimate of drug-likeness (QED) is 0.612. The van der Waals surface area contributed by atoms with Crippen molar-refractivity contribution in [3.05, 3.63) is 63.1 Å². The zero-order chi connectivity index (χ0) is 22.5. The van der Waals surface area contributed by atoms with Gasteiger partial charge in [0.15, 0.2) is 6.61 Å². The Morgan fingerprint density at radius 1 is 1.06 bits per heavy atom. The zero-order valence-electron chi connectivity index (χ0n) is 15.9. The summed E-state index contributed by atoms with van der Waals surface area (Å²) in [4.78, 5) is 48.6. The van der Waals surface area contributed by atoms with Crippen LogP contribution in [0.1, 0.15) is 16.8 Å². The van der Waals surface area contributed by atoms with Gasteiger partial charge >= 0.3 is 5.97 Å². The normalized spacial score (nSPS) is 15.5. The van der Waals surface area contributed by atoms with E-state index in [9.17, 15) is 19.2 Å². The van der Waals surface area contributed by atoms with Gasteiger partial charge in [0.1, 0.15) is 0 Å². The predicted molar refractivity (Wildman–Crippen MR) is 115 cm³/mol. The minimum absolute atomic E-state index is 0.0707. The van der Waals surface area contributed by atoms with Crippen molar-refractivity contribution in [3.63, 3.8) is 0 Å². The number of nitrogens with zero attached hydrogens (tertiary/aromatic N) is 1. The van der Waals surface area contributed by atoms with Crippen LogP contribution in [0.3, 0.4) is 0 Å². The molecule has 0 unspecified atom stereocenters. The van der Waals surface area contributed by atoms with Crippen molar-refractivity contribution in [1.82, 2.24) is 10.4 Å². The van der Waals surface area contributed by atoms with E-state index >= 15 is 0 Å². The first-order valence-electron chi connectivity index (χ1n) is 9.02. The van der Waals surface area contributed by atoms with Crippen LogP contribution in [0, 0.1) is 5.92 Å². The van der Waals surface area contributed by atoms with Gasteiger partial charge < -0.3 is 10.1 Å². The van der Waals surface area contributed by atoms with Crippen molar-refractivity contribution in [2.75, 3.05) is 18.5 Å². The van der Waals surface area contributed by atoms with Gasteiger partial charge in [-0.1, -0.05) is 40.9 Å². The third-order valence-corrected chi connectivity index (χ3v) is 5.44. The average molecular weight is 485 g/mol. The fourth-order valence-corrected chi connectivity index (χ4v) is 3.28. The van der Waals surface area contributed by atoms with Gasteiger partial charge in [-0.2, -0.15) is 0 Å². The number of carbonyl (C=O) groups excluding carboxylic acids is 4. The highest BCUT2D eigenvalue weighted by atomic mass is 35.5. The molecule has 31 heavy (non-hydrogen) atoms. The minimum atomic E-state index is -0.819. The van der Waals surface area contributed by atoms with Crippen LogP contribution in [0.4, 0.5) is 5.69 Å². The Bertz CT molecular complexity index is 1030. The molecular formula is C20H16Cl3N3O5. The summed E-state index contributed by atoms with van der Waals surface area (Å²) in [5.74, 6) is -3.13.